The first-order chi connectivity index (χ1) is 9.93. The molecule has 1 aromatic rings. The third-order valence-electron chi connectivity index (χ3n) is 3.81. The van der Waals surface area contributed by atoms with E-state index < -0.39 is 9.84 Å². The fourth-order valence-corrected chi connectivity index (χ4v) is 5.19. The number of nitriles is 1. The van der Waals surface area contributed by atoms with Crippen molar-refractivity contribution in [2.45, 2.75) is 55.9 Å². The molecule has 0 radical (unpaired) electrons. The molecule has 0 aromatic carbocycles. The van der Waals surface area contributed by atoms with Gasteiger partial charge < -0.3 is 11.1 Å². The fraction of sp³-hybridized carbons (Fsp3) is 0.643. The van der Waals surface area contributed by atoms with E-state index in [4.69, 9.17) is 11.0 Å². The standard InChI is InChI=1S/C14H21N3O2S2/c1-21(18,19)13-12(16)11(9-15)20-14(13)17-10-7-5-3-2-4-6-8-10/h10,17H,2-8,16H2,1H3. The van der Waals surface area contributed by atoms with Crippen LogP contribution in [0.15, 0.2) is 4.90 Å². The van der Waals surface area contributed by atoms with Gasteiger partial charge in [0, 0.05) is 12.3 Å². The van der Waals surface area contributed by atoms with Crippen LogP contribution in [0.1, 0.15) is 49.8 Å². The Bertz CT molecular complexity index is 636. The van der Waals surface area contributed by atoms with E-state index in [0.717, 1.165) is 43.3 Å². The maximum Gasteiger partial charge on any atom is 0.180 e. The van der Waals surface area contributed by atoms with Crippen molar-refractivity contribution >= 4 is 31.9 Å². The Labute approximate surface area is 130 Å². The highest BCUT2D eigenvalue weighted by atomic mass is 32.2. The van der Waals surface area contributed by atoms with Crippen molar-refractivity contribution in [3.05, 3.63) is 4.88 Å². The minimum Gasteiger partial charge on any atom is -0.396 e. The molecule has 0 amide bonds. The summed E-state index contributed by atoms with van der Waals surface area (Å²) in [6, 6.07) is 2.24. The number of anilines is 2. The van der Waals surface area contributed by atoms with Crippen molar-refractivity contribution in [2.24, 2.45) is 0 Å². The highest BCUT2D eigenvalue weighted by Crippen LogP contribution is 2.39. The summed E-state index contributed by atoms with van der Waals surface area (Å²) in [4.78, 5) is 0.356. The summed E-state index contributed by atoms with van der Waals surface area (Å²) in [5.74, 6) is 0. The summed E-state index contributed by atoms with van der Waals surface area (Å²) in [6.07, 6.45) is 9.24. The Morgan fingerprint density at radius 2 is 1.81 bits per heavy atom. The van der Waals surface area contributed by atoms with Crippen LogP contribution >= 0.6 is 11.3 Å². The van der Waals surface area contributed by atoms with Gasteiger partial charge >= 0.3 is 0 Å². The second kappa shape index (κ2) is 6.67. The summed E-state index contributed by atoms with van der Waals surface area (Å²) < 4.78 is 23.9. The van der Waals surface area contributed by atoms with E-state index in [1.54, 1.807) is 0 Å². The molecule has 1 aromatic heterocycles. The first-order valence-corrected chi connectivity index (χ1v) is 9.93. The normalized spacial score (nSPS) is 17.7. The van der Waals surface area contributed by atoms with E-state index in [1.165, 1.54) is 19.3 Å². The number of thiophene rings is 1. The third-order valence-corrected chi connectivity index (χ3v) is 6.15. The molecule has 0 unspecified atom stereocenters. The van der Waals surface area contributed by atoms with Gasteiger partial charge in [-0.05, 0) is 12.8 Å². The van der Waals surface area contributed by atoms with Gasteiger partial charge in [0.1, 0.15) is 20.8 Å². The molecule has 1 aliphatic carbocycles. The lowest BCUT2D eigenvalue weighted by Crippen LogP contribution is -2.21. The maximum atomic E-state index is 11.9. The highest BCUT2D eigenvalue weighted by Gasteiger charge is 2.25. The zero-order valence-corrected chi connectivity index (χ0v) is 13.8. The number of hydrogen-bond acceptors (Lipinski definition) is 6. The molecular weight excluding hydrogens is 306 g/mol. The van der Waals surface area contributed by atoms with Crippen LogP contribution < -0.4 is 11.1 Å². The largest absolute Gasteiger partial charge is 0.396 e. The van der Waals surface area contributed by atoms with Crippen LogP contribution in [0.4, 0.5) is 10.7 Å². The predicted octanol–water partition coefficient (Wildman–Crippen LogP) is 3.13. The SMILES string of the molecule is CS(=O)(=O)c1c(NC2CCCCCCC2)sc(C#N)c1N. The van der Waals surface area contributed by atoms with Gasteiger partial charge in [-0.1, -0.05) is 32.1 Å². The van der Waals surface area contributed by atoms with Crippen LogP contribution in [0, 0.1) is 11.3 Å². The second-order valence-corrected chi connectivity index (χ2v) is 8.55. The summed E-state index contributed by atoms with van der Waals surface area (Å²) in [5.41, 5.74) is 5.91. The molecule has 1 aliphatic rings. The topological polar surface area (TPSA) is 96.0 Å². The van der Waals surface area contributed by atoms with Crippen molar-refractivity contribution in [1.82, 2.24) is 0 Å². The van der Waals surface area contributed by atoms with Crippen LogP contribution in [-0.4, -0.2) is 20.7 Å². The molecule has 1 saturated carbocycles. The smallest absolute Gasteiger partial charge is 0.180 e. The molecule has 2 rings (SSSR count). The molecule has 1 heterocycles. The number of rotatable bonds is 3. The van der Waals surface area contributed by atoms with Crippen molar-refractivity contribution in [1.29, 1.82) is 5.26 Å². The van der Waals surface area contributed by atoms with Crippen molar-refractivity contribution in [3.8, 4) is 6.07 Å². The minimum atomic E-state index is -3.45. The van der Waals surface area contributed by atoms with Gasteiger partial charge in [0.25, 0.3) is 0 Å². The Morgan fingerprint density at radius 3 is 2.33 bits per heavy atom. The fourth-order valence-electron chi connectivity index (χ4n) is 2.76. The molecule has 7 heteroatoms. The molecule has 116 valence electrons. The molecule has 0 bridgehead atoms. The van der Waals surface area contributed by atoms with Crippen molar-refractivity contribution < 1.29 is 8.42 Å². The lowest BCUT2D eigenvalue weighted by molar-refractivity contribution is 0.471. The lowest BCUT2D eigenvalue weighted by atomic mass is 9.97. The van der Waals surface area contributed by atoms with Crippen LogP contribution in [0.2, 0.25) is 0 Å². The summed E-state index contributed by atoms with van der Waals surface area (Å²) in [6.45, 7) is 0. The van der Waals surface area contributed by atoms with Crippen molar-refractivity contribution in [3.63, 3.8) is 0 Å². The van der Waals surface area contributed by atoms with Gasteiger partial charge in [-0.25, -0.2) is 8.42 Å². The Kier molecular flexibility index (Phi) is 5.12. The summed E-state index contributed by atoms with van der Waals surface area (Å²) in [7, 11) is -3.45. The first-order valence-electron chi connectivity index (χ1n) is 7.22. The van der Waals surface area contributed by atoms with Crippen LogP contribution in [0.5, 0.6) is 0 Å². The number of nitrogens with one attached hydrogen (secondary N) is 1. The average molecular weight is 327 g/mol. The molecular formula is C14H21N3O2S2. The zero-order valence-electron chi connectivity index (χ0n) is 12.2. The van der Waals surface area contributed by atoms with Gasteiger partial charge in [0.2, 0.25) is 0 Å². The quantitative estimate of drug-likeness (QED) is 0.889. The average Bonchev–Trinajstić information content (AvgIpc) is 2.68. The van der Waals surface area contributed by atoms with Gasteiger partial charge in [0.15, 0.2) is 9.84 Å². The van der Waals surface area contributed by atoms with Gasteiger partial charge in [0.05, 0.1) is 5.69 Å². The molecule has 5 nitrogen and oxygen atoms in total. The maximum absolute atomic E-state index is 11.9. The number of hydrogen-bond donors (Lipinski definition) is 2. The number of sulfone groups is 1. The van der Waals surface area contributed by atoms with Crippen molar-refractivity contribution in [2.75, 3.05) is 17.3 Å². The van der Waals surface area contributed by atoms with Crippen LogP contribution in [-0.2, 0) is 9.84 Å². The molecule has 1 fully saturated rings. The Balaban J connectivity index is 2.28. The van der Waals surface area contributed by atoms with Crippen LogP contribution in [0.25, 0.3) is 0 Å². The van der Waals surface area contributed by atoms with E-state index in [2.05, 4.69) is 5.32 Å². The summed E-state index contributed by atoms with van der Waals surface area (Å²) >= 11 is 1.14. The second-order valence-electron chi connectivity index (χ2n) is 5.57. The summed E-state index contributed by atoms with van der Waals surface area (Å²) in [5, 5.41) is 12.9. The molecule has 21 heavy (non-hydrogen) atoms. The molecule has 0 spiro atoms. The van der Waals surface area contributed by atoms with Gasteiger partial charge in [-0.3, -0.25) is 0 Å². The van der Waals surface area contributed by atoms with Gasteiger partial charge in [-0.2, -0.15) is 5.26 Å². The minimum absolute atomic E-state index is 0.0818. The highest BCUT2D eigenvalue weighted by molar-refractivity contribution is 7.91. The number of nitrogens with zero attached hydrogens (tertiary/aromatic N) is 1. The Morgan fingerprint density at radius 1 is 1.24 bits per heavy atom. The zero-order chi connectivity index (χ0) is 15.5. The van der Waals surface area contributed by atoms with E-state index in [1.807, 2.05) is 6.07 Å². The van der Waals surface area contributed by atoms with Crippen LogP contribution in [0.3, 0.4) is 0 Å². The monoisotopic (exact) mass is 327 g/mol. The van der Waals surface area contributed by atoms with Gasteiger partial charge in [-0.15, -0.1) is 11.3 Å². The molecule has 3 N–H and O–H groups in total. The van der Waals surface area contributed by atoms with E-state index in [0.29, 0.717) is 5.00 Å². The number of nitrogen functional groups attached to an aromatic ring is 1. The molecule has 0 atom stereocenters. The first kappa shape index (κ1) is 16.1. The molecule has 0 saturated heterocycles. The third kappa shape index (κ3) is 3.89. The Hall–Kier alpha value is -1.26. The molecule has 0 aliphatic heterocycles. The van der Waals surface area contributed by atoms with E-state index >= 15 is 0 Å². The predicted molar refractivity (Wildman–Crippen MR) is 86.3 cm³/mol. The van der Waals surface area contributed by atoms with E-state index in [-0.39, 0.29) is 21.5 Å². The van der Waals surface area contributed by atoms with E-state index in [9.17, 15) is 8.42 Å². The number of nitrogens with two attached hydrogens (primary N) is 1. The lowest BCUT2D eigenvalue weighted by Gasteiger charge is -2.21.